The zero-order valence-electron chi connectivity index (χ0n) is 13.0. The molecule has 0 radical (unpaired) electrons. The topological polar surface area (TPSA) is 40.5 Å². The van der Waals surface area contributed by atoms with Gasteiger partial charge in [-0.15, -0.1) is 0 Å². The molecule has 1 saturated carbocycles. The molecule has 1 aliphatic rings. The van der Waals surface area contributed by atoms with E-state index in [0.29, 0.717) is 6.54 Å². The molecule has 1 N–H and O–H groups in total. The lowest BCUT2D eigenvalue weighted by atomic mass is 9.97. The van der Waals surface area contributed by atoms with Crippen LogP contribution in [-0.4, -0.2) is 35.1 Å². The number of hydrogen-bond donors (Lipinski definition) is 1. The second-order valence-corrected chi connectivity index (χ2v) is 6.37. The van der Waals surface area contributed by atoms with Gasteiger partial charge in [-0.1, -0.05) is 30.5 Å². The summed E-state index contributed by atoms with van der Waals surface area (Å²) >= 11 is 0. The predicted octanol–water partition coefficient (Wildman–Crippen LogP) is 2.99. The molecular weight excluding hydrogens is 250 g/mol. The molecule has 3 heteroatoms. The fraction of sp³-hybridized carbons (Fsp3) is 0.588. The summed E-state index contributed by atoms with van der Waals surface area (Å²) in [6, 6.07) is 4.08. The first-order valence-electron chi connectivity index (χ1n) is 7.38. The van der Waals surface area contributed by atoms with Gasteiger partial charge in [-0.2, -0.15) is 0 Å². The molecule has 1 aromatic carbocycles. The number of carbonyl (C=O) groups excluding carboxylic acids is 1. The first-order chi connectivity index (χ1) is 9.32. The van der Waals surface area contributed by atoms with Gasteiger partial charge in [-0.3, -0.25) is 4.79 Å². The molecule has 3 nitrogen and oxygen atoms in total. The molecule has 0 bridgehead atoms. The number of nitrogens with zero attached hydrogens (tertiary/aromatic N) is 1. The van der Waals surface area contributed by atoms with Gasteiger partial charge in [0.05, 0.1) is 5.60 Å². The molecule has 0 spiro atoms. The van der Waals surface area contributed by atoms with Crippen molar-refractivity contribution in [2.75, 3.05) is 13.6 Å². The van der Waals surface area contributed by atoms with E-state index in [1.165, 1.54) is 5.56 Å². The number of rotatable bonds is 3. The van der Waals surface area contributed by atoms with Crippen molar-refractivity contribution in [3.8, 4) is 0 Å². The van der Waals surface area contributed by atoms with Crippen LogP contribution < -0.4 is 0 Å². The minimum absolute atomic E-state index is 0.0142. The third-order valence-corrected chi connectivity index (χ3v) is 4.30. The first-order valence-corrected chi connectivity index (χ1v) is 7.38. The average Bonchev–Trinajstić information content (AvgIpc) is 2.74. The van der Waals surface area contributed by atoms with Crippen molar-refractivity contribution in [3.63, 3.8) is 0 Å². The van der Waals surface area contributed by atoms with Gasteiger partial charge in [-0.05, 0) is 44.7 Å². The molecule has 1 fully saturated rings. The largest absolute Gasteiger partial charge is 0.388 e. The van der Waals surface area contributed by atoms with Crippen LogP contribution in [0.3, 0.4) is 0 Å². The highest BCUT2D eigenvalue weighted by Gasteiger charge is 2.34. The zero-order valence-corrected chi connectivity index (χ0v) is 13.0. The summed E-state index contributed by atoms with van der Waals surface area (Å²) in [7, 11) is 1.79. The fourth-order valence-electron chi connectivity index (χ4n) is 3.41. The highest BCUT2D eigenvalue weighted by Crippen LogP contribution is 2.30. The predicted molar refractivity (Wildman–Crippen MR) is 81.0 cm³/mol. The number of amides is 1. The summed E-state index contributed by atoms with van der Waals surface area (Å²) in [5.41, 5.74) is 3.29. The van der Waals surface area contributed by atoms with E-state index in [9.17, 15) is 9.90 Å². The Hall–Kier alpha value is -1.35. The van der Waals surface area contributed by atoms with Crippen molar-refractivity contribution < 1.29 is 9.90 Å². The summed E-state index contributed by atoms with van der Waals surface area (Å²) in [5.74, 6) is 0.0142. The van der Waals surface area contributed by atoms with E-state index in [4.69, 9.17) is 0 Å². The van der Waals surface area contributed by atoms with Crippen LogP contribution in [0.4, 0.5) is 0 Å². The smallest absolute Gasteiger partial charge is 0.254 e. The van der Waals surface area contributed by atoms with Crippen molar-refractivity contribution in [2.24, 2.45) is 0 Å². The first kappa shape index (κ1) is 15.0. The molecule has 20 heavy (non-hydrogen) atoms. The van der Waals surface area contributed by atoms with Gasteiger partial charge in [0.25, 0.3) is 5.91 Å². The second-order valence-electron chi connectivity index (χ2n) is 6.37. The lowest BCUT2D eigenvalue weighted by Crippen LogP contribution is -2.42. The molecule has 110 valence electrons. The summed E-state index contributed by atoms with van der Waals surface area (Å²) in [4.78, 5) is 14.3. The zero-order chi connectivity index (χ0) is 14.9. The molecule has 1 aromatic rings. The Labute approximate surface area is 121 Å². The molecule has 0 atom stereocenters. The van der Waals surface area contributed by atoms with E-state index < -0.39 is 5.60 Å². The van der Waals surface area contributed by atoms with Gasteiger partial charge in [-0.25, -0.2) is 0 Å². The van der Waals surface area contributed by atoms with Gasteiger partial charge < -0.3 is 10.0 Å². The van der Waals surface area contributed by atoms with Crippen LogP contribution in [0.5, 0.6) is 0 Å². The van der Waals surface area contributed by atoms with Crippen LogP contribution in [0, 0.1) is 20.8 Å². The van der Waals surface area contributed by atoms with Crippen molar-refractivity contribution in [1.29, 1.82) is 0 Å². The SMILES string of the molecule is Cc1cc(C)c(C(=O)N(C)CC2(O)CCCC2)c(C)c1. The van der Waals surface area contributed by atoms with Crippen LogP contribution in [0.1, 0.15) is 52.7 Å². The Morgan fingerprint density at radius 3 is 2.20 bits per heavy atom. The third kappa shape index (κ3) is 3.04. The van der Waals surface area contributed by atoms with Crippen molar-refractivity contribution >= 4 is 5.91 Å². The van der Waals surface area contributed by atoms with E-state index in [1.54, 1.807) is 11.9 Å². The van der Waals surface area contributed by atoms with Crippen LogP contribution in [0.2, 0.25) is 0 Å². The lowest BCUT2D eigenvalue weighted by molar-refractivity contribution is 0.0156. The number of aliphatic hydroxyl groups is 1. The van der Waals surface area contributed by atoms with Crippen molar-refractivity contribution in [1.82, 2.24) is 4.90 Å². The Morgan fingerprint density at radius 2 is 1.70 bits per heavy atom. The van der Waals surface area contributed by atoms with E-state index in [2.05, 4.69) is 0 Å². The lowest BCUT2D eigenvalue weighted by Gasteiger charge is -2.29. The summed E-state index contributed by atoms with van der Waals surface area (Å²) in [5, 5.41) is 10.4. The number of likely N-dealkylation sites (N-methyl/N-ethyl adjacent to an activating group) is 1. The van der Waals surface area contributed by atoms with Crippen LogP contribution in [0.15, 0.2) is 12.1 Å². The molecule has 0 aliphatic heterocycles. The van der Waals surface area contributed by atoms with E-state index in [-0.39, 0.29) is 5.91 Å². The normalized spacial score (nSPS) is 17.2. The summed E-state index contributed by atoms with van der Waals surface area (Å²) < 4.78 is 0. The fourth-order valence-corrected chi connectivity index (χ4v) is 3.41. The van der Waals surface area contributed by atoms with E-state index >= 15 is 0 Å². The van der Waals surface area contributed by atoms with Gasteiger partial charge in [0.2, 0.25) is 0 Å². The summed E-state index contributed by atoms with van der Waals surface area (Å²) in [6.07, 6.45) is 3.72. The van der Waals surface area contributed by atoms with Gasteiger partial charge in [0.15, 0.2) is 0 Å². The standard InChI is InChI=1S/C17H25NO2/c1-12-9-13(2)15(14(3)10-12)16(19)18(4)11-17(20)7-5-6-8-17/h9-10,20H,5-8,11H2,1-4H3. The molecule has 2 rings (SSSR count). The van der Waals surface area contributed by atoms with E-state index in [1.807, 2.05) is 32.9 Å². The maximum atomic E-state index is 12.6. The highest BCUT2D eigenvalue weighted by atomic mass is 16.3. The van der Waals surface area contributed by atoms with Crippen LogP contribution >= 0.6 is 0 Å². The molecule has 0 aromatic heterocycles. The number of benzene rings is 1. The number of carbonyl (C=O) groups is 1. The van der Waals surface area contributed by atoms with Crippen LogP contribution in [-0.2, 0) is 0 Å². The molecule has 1 amide bonds. The Bertz CT molecular complexity index is 493. The van der Waals surface area contributed by atoms with Crippen LogP contribution in [0.25, 0.3) is 0 Å². The van der Waals surface area contributed by atoms with Gasteiger partial charge >= 0.3 is 0 Å². The van der Waals surface area contributed by atoms with Gasteiger partial charge in [0, 0.05) is 19.2 Å². The quantitative estimate of drug-likeness (QED) is 0.921. The molecule has 0 unspecified atom stereocenters. The average molecular weight is 275 g/mol. The number of hydrogen-bond acceptors (Lipinski definition) is 2. The van der Waals surface area contributed by atoms with E-state index in [0.717, 1.165) is 42.4 Å². The highest BCUT2D eigenvalue weighted by molar-refractivity contribution is 5.97. The molecular formula is C17H25NO2. The van der Waals surface area contributed by atoms with Crippen molar-refractivity contribution in [3.05, 3.63) is 34.4 Å². The molecule has 0 heterocycles. The monoisotopic (exact) mass is 275 g/mol. The maximum Gasteiger partial charge on any atom is 0.254 e. The maximum absolute atomic E-state index is 12.6. The molecule has 0 saturated heterocycles. The minimum Gasteiger partial charge on any atom is -0.388 e. The van der Waals surface area contributed by atoms with Crippen molar-refractivity contribution in [2.45, 2.75) is 52.1 Å². The second kappa shape index (κ2) is 5.57. The summed E-state index contributed by atoms with van der Waals surface area (Å²) in [6.45, 7) is 6.43. The van der Waals surface area contributed by atoms with Gasteiger partial charge in [0.1, 0.15) is 0 Å². The molecule has 1 aliphatic carbocycles. The minimum atomic E-state index is -0.684. The Kier molecular flexibility index (Phi) is 4.19. The Balaban J connectivity index is 2.19. The third-order valence-electron chi connectivity index (χ3n) is 4.30. The number of aryl methyl sites for hydroxylation is 3. The Morgan fingerprint density at radius 1 is 1.20 bits per heavy atom.